The number of benzene rings is 2. The molecule has 1 aromatic heterocycles. The monoisotopic (exact) mass is 444 g/mol. The number of hydrogen-bond donors (Lipinski definition) is 2. The molecule has 0 spiro atoms. The maximum atomic E-state index is 13.0. The third kappa shape index (κ3) is 5.81. The molecule has 0 saturated carbocycles. The number of aromatic nitrogens is 2. The Bertz CT molecular complexity index is 1130. The van der Waals surface area contributed by atoms with Gasteiger partial charge in [-0.2, -0.15) is 0 Å². The Labute approximate surface area is 193 Å². The van der Waals surface area contributed by atoms with E-state index in [1.807, 2.05) is 13.0 Å². The quantitative estimate of drug-likeness (QED) is 0.576. The number of amides is 1. The lowest BCUT2D eigenvalue weighted by atomic mass is 9.90. The lowest BCUT2D eigenvalue weighted by Gasteiger charge is -2.32. The summed E-state index contributed by atoms with van der Waals surface area (Å²) in [6.07, 6.45) is 3.48. The highest BCUT2D eigenvalue weighted by Crippen LogP contribution is 2.29. The van der Waals surface area contributed by atoms with E-state index in [0.29, 0.717) is 11.4 Å². The van der Waals surface area contributed by atoms with E-state index in [9.17, 15) is 9.59 Å². The summed E-state index contributed by atoms with van der Waals surface area (Å²) in [4.78, 5) is 35.5. The Morgan fingerprint density at radius 1 is 1.06 bits per heavy atom. The number of carboxylic acid groups (broad SMARTS) is 1. The van der Waals surface area contributed by atoms with Crippen molar-refractivity contribution in [1.82, 2.24) is 20.2 Å². The van der Waals surface area contributed by atoms with E-state index in [0.717, 1.165) is 43.7 Å². The van der Waals surface area contributed by atoms with Crippen molar-refractivity contribution in [2.45, 2.75) is 38.8 Å². The SMILES string of the molecule is Cc1ncc(C(=O)NCc2cccc(C(=O)O)c2)c(C2CCN(Cc3ccccc3)CC2)n1. The predicted molar refractivity (Wildman–Crippen MR) is 125 cm³/mol. The summed E-state index contributed by atoms with van der Waals surface area (Å²) in [5, 5.41) is 12.1. The second-order valence-electron chi connectivity index (χ2n) is 8.44. The van der Waals surface area contributed by atoms with Crippen LogP contribution < -0.4 is 5.32 Å². The fraction of sp³-hybridized carbons (Fsp3) is 0.308. The number of piperidine rings is 1. The van der Waals surface area contributed by atoms with Gasteiger partial charge in [-0.15, -0.1) is 0 Å². The molecule has 33 heavy (non-hydrogen) atoms. The van der Waals surface area contributed by atoms with E-state index < -0.39 is 5.97 Å². The topological polar surface area (TPSA) is 95.4 Å². The number of carbonyl (C=O) groups excluding carboxylic acids is 1. The smallest absolute Gasteiger partial charge is 0.335 e. The van der Waals surface area contributed by atoms with Crippen molar-refractivity contribution < 1.29 is 14.7 Å². The summed E-state index contributed by atoms with van der Waals surface area (Å²) in [5.74, 6) is -0.370. The largest absolute Gasteiger partial charge is 0.478 e. The molecule has 2 heterocycles. The standard InChI is InChI=1S/C26H28N4O3/c1-18-27-16-23(25(31)28-15-20-8-5-9-22(14-20)26(32)33)24(29-18)21-10-12-30(13-11-21)17-19-6-3-2-4-7-19/h2-9,14,16,21H,10-13,15,17H2,1H3,(H,28,31)(H,32,33). The molecule has 1 aliphatic rings. The summed E-state index contributed by atoms with van der Waals surface area (Å²) < 4.78 is 0. The number of aromatic carboxylic acids is 1. The van der Waals surface area contributed by atoms with Gasteiger partial charge < -0.3 is 10.4 Å². The van der Waals surface area contributed by atoms with Crippen molar-refractivity contribution in [1.29, 1.82) is 0 Å². The van der Waals surface area contributed by atoms with E-state index in [4.69, 9.17) is 5.11 Å². The maximum absolute atomic E-state index is 13.0. The van der Waals surface area contributed by atoms with E-state index >= 15 is 0 Å². The Balaban J connectivity index is 1.41. The van der Waals surface area contributed by atoms with Gasteiger partial charge in [-0.05, 0) is 56.1 Å². The lowest BCUT2D eigenvalue weighted by Crippen LogP contribution is -2.34. The van der Waals surface area contributed by atoms with Crippen molar-refractivity contribution in [3.8, 4) is 0 Å². The van der Waals surface area contributed by atoms with Gasteiger partial charge in [0.15, 0.2) is 0 Å². The van der Waals surface area contributed by atoms with Crippen molar-refractivity contribution in [3.63, 3.8) is 0 Å². The van der Waals surface area contributed by atoms with Crippen LogP contribution in [0.4, 0.5) is 0 Å². The first-order valence-electron chi connectivity index (χ1n) is 11.2. The molecule has 1 fully saturated rings. The molecule has 1 saturated heterocycles. The van der Waals surface area contributed by atoms with Gasteiger partial charge in [0.1, 0.15) is 5.82 Å². The van der Waals surface area contributed by atoms with Crippen LogP contribution in [0.1, 0.15) is 62.1 Å². The number of carbonyl (C=O) groups is 2. The van der Waals surface area contributed by atoms with Crippen LogP contribution in [0, 0.1) is 6.92 Å². The molecule has 1 aliphatic heterocycles. The fourth-order valence-corrected chi connectivity index (χ4v) is 4.27. The molecule has 1 amide bonds. The summed E-state index contributed by atoms with van der Waals surface area (Å²) in [6, 6.07) is 17.0. The molecular formula is C26H28N4O3. The number of rotatable bonds is 7. The van der Waals surface area contributed by atoms with Crippen molar-refractivity contribution in [3.05, 3.63) is 94.6 Å². The minimum atomic E-state index is -0.990. The molecule has 3 aromatic rings. The molecule has 7 nitrogen and oxygen atoms in total. The van der Waals surface area contributed by atoms with Gasteiger partial charge in [-0.3, -0.25) is 9.69 Å². The second-order valence-corrected chi connectivity index (χ2v) is 8.44. The normalized spacial score (nSPS) is 14.7. The van der Waals surface area contributed by atoms with E-state index in [1.54, 1.807) is 24.4 Å². The first-order valence-corrected chi connectivity index (χ1v) is 11.2. The molecule has 4 rings (SSSR count). The van der Waals surface area contributed by atoms with Gasteiger partial charge in [0.05, 0.1) is 16.8 Å². The minimum absolute atomic E-state index is 0.198. The molecule has 2 N–H and O–H groups in total. The molecule has 7 heteroatoms. The fourth-order valence-electron chi connectivity index (χ4n) is 4.27. The molecule has 0 aliphatic carbocycles. The number of aryl methyl sites for hydroxylation is 1. The molecule has 0 bridgehead atoms. The van der Waals surface area contributed by atoms with Gasteiger partial charge in [0.2, 0.25) is 0 Å². The first-order chi connectivity index (χ1) is 16.0. The zero-order chi connectivity index (χ0) is 23.2. The van der Waals surface area contributed by atoms with Crippen molar-refractivity contribution in [2.24, 2.45) is 0 Å². The molecule has 0 atom stereocenters. The zero-order valence-electron chi connectivity index (χ0n) is 18.7. The summed E-state index contributed by atoms with van der Waals surface area (Å²) in [7, 11) is 0. The third-order valence-corrected chi connectivity index (χ3v) is 6.03. The highest BCUT2D eigenvalue weighted by atomic mass is 16.4. The van der Waals surface area contributed by atoms with E-state index in [-0.39, 0.29) is 23.9 Å². The minimum Gasteiger partial charge on any atom is -0.478 e. The Morgan fingerprint density at radius 2 is 1.79 bits per heavy atom. The maximum Gasteiger partial charge on any atom is 0.335 e. The Morgan fingerprint density at radius 3 is 2.52 bits per heavy atom. The number of nitrogens with one attached hydrogen (secondary N) is 1. The van der Waals surface area contributed by atoms with Crippen LogP contribution in [-0.4, -0.2) is 44.9 Å². The highest BCUT2D eigenvalue weighted by Gasteiger charge is 2.26. The number of hydrogen-bond acceptors (Lipinski definition) is 5. The zero-order valence-corrected chi connectivity index (χ0v) is 18.7. The van der Waals surface area contributed by atoms with E-state index in [2.05, 4.69) is 44.5 Å². The van der Waals surface area contributed by atoms with Crippen LogP contribution in [-0.2, 0) is 13.1 Å². The van der Waals surface area contributed by atoms with Gasteiger partial charge >= 0.3 is 5.97 Å². The predicted octanol–water partition coefficient (Wildman–Crippen LogP) is 3.79. The van der Waals surface area contributed by atoms with Crippen LogP contribution in [0.15, 0.2) is 60.8 Å². The Hall–Kier alpha value is -3.58. The average Bonchev–Trinajstić information content (AvgIpc) is 2.84. The second kappa shape index (κ2) is 10.4. The van der Waals surface area contributed by atoms with Gasteiger partial charge in [-0.25, -0.2) is 14.8 Å². The number of carboxylic acids is 1. The summed E-state index contributed by atoms with van der Waals surface area (Å²) in [6.45, 7) is 4.91. The van der Waals surface area contributed by atoms with Crippen LogP contribution in [0.5, 0.6) is 0 Å². The first kappa shape index (κ1) is 22.6. The van der Waals surface area contributed by atoms with Crippen LogP contribution in [0.25, 0.3) is 0 Å². The Kier molecular flexibility index (Phi) is 7.10. The summed E-state index contributed by atoms with van der Waals surface area (Å²) >= 11 is 0. The molecule has 0 unspecified atom stereocenters. The van der Waals surface area contributed by atoms with Crippen LogP contribution >= 0.6 is 0 Å². The van der Waals surface area contributed by atoms with Gasteiger partial charge in [-0.1, -0.05) is 42.5 Å². The van der Waals surface area contributed by atoms with Gasteiger partial charge in [0, 0.05) is 25.2 Å². The molecule has 170 valence electrons. The van der Waals surface area contributed by atoms with Gasteiger partial charge in [0.25, 0.3) is 5.91 Å². The molecule has 2 aromatic carbocycles. The molecular weight excluding hydrogens is 416 g/mol. The highest BCUT2D eigenvalue weighted by molar-refractivity contribution is 5.95. The van der Waals surface area contributed by atoms with Crippen LogP contribution in [0.2, 0.25) is 0 Å². The van der Waals surface area contributed by atoms with E-state index in [1.165, 1.54) is 11.6 Å². The number of nitrogens with zero attached hydrogens (tertiary/aromatic N) is 3. The number of likely N-dealkylation sites (tertiary alicyclic amines) is 1. The molecule has 0 radical (unpaired) electrons. The lowest BCUT2D eigenvalue weighted by molar-refractivity contribution is 0.0696. The third-order valence-electron chi connectivity index (χ3n) is 6.03. The van der Waals surface area contributed by atoms with Crippen molar-refractivity contribution >= 4 is 11.9 Å². The van der Waals surface area contributed by atoms with Crippen molar-refractivity contribution in [2.75, 3.05) is 13.1 Å². The summed E-state index contributed by atoms with van der Waals surface area (Å²) in [5.41, 5.74) is 3.53. The van der Waals surface area contributed by atoms with Crippen LogP contribution in [0.3, 0.4) is 0 Å². The average molecular weight is 445 g/mol.